The summed E-state index contributed by atoms with van der Waals surface area (Å²) in [4.78, 5) is 0. The fourth-order valence-electron chi connectivity index (χ4n) is 1.58. The molecule has 0 amide bonds. The summed E-state index contributed by atoms with van der Waals surface area (Å²) >= 11 is 0. The SMILES string of the molecule is CC(C#N)c1n[nH]c2c1CCOC2. The Bertz CT molecular complexity index is 350. The van der Waals surface area contributed by atoms with E-state index in [4.69, 9.17) is 10.00 Å². The largest absolute Gasteiger partial charge is 0.375 e. The van der Waals surface area contributed by atoms with E-state index in [0.29, 0.717) is 6.61 Å². The number of aromatic amines is 1. The first-order chi connectivity index (χ1) is 6.33. The van der Waals surface area contributed by atoms with Crippen LogP contribution in [0.2, 0.25) is 0 Å². The van der Waals surface area contributed by atoms with Crippen molar-refractivity contribution >= 4 is 0 Å². The van der Waals surface area contributed by atoms with Crippen LogP contribution in [0.25, 0.3) is 0 Å². The second-order valence-corrected chi connectivity index (χ2v) is 3.22. The first kappa shape index (κ1) is 8.27. The average molecular weight is 177 g/mol. The van der Waals surface area contributed by atoms with Gasteiger partial charge in [0, 0.05) is 5.56 Å². The third-order valence-corrected chi connectivity index (χ3v) is 2.33. The van der Waals surface area contributed by atoms with Gasteiger partial charge in [-0.25, -0.2) is 0 Å². The molecule has 0 spiro atoms. The van der Waals surface area contributed by atoms with E-state index in [2.05, 4.69) is 16.3 Å². The fourth-order valence-corrected chi connectivity index (χ4v) is 1.58. The smallest absolute Gasteiger partial charge is 0.0885 e. The molecule has 1 aliphatic rings. The highest BCUT2D eigenvalue weighted by molar-refractivity contribution is 5.31. The Balaban J connectivity index is 2.38. The van der Waals surface area contributed by atoms with Crippen molar-refractivity contribution in [3.8, 4) is 6.07 Å². The second kappa shape index (κ2) is 3.19. The van der Waals surface area contributed by atoms with Gasteiger partial charge in [0.25, 0.3) is 0 Å². The zero-order valence-corrected chi connectivity index (χ0v) is 7.50. The van der Waals surface area contributed by atoms with Crippen molar-refractivity contribution < 1.29 is 4.74 Å². The second-order valence-electron chi connectivity index (χ2n) is 3.22. The highest BCUT2D eigenvalue weighted by Crippen LogP contribution is 2.23. The fraction of sp³-hybridized carbons (Fsp3) is 0.556. The number of nitrogens with zero attached hydrogens (tertiary/aromatic N) is 2. The third kappa shape index (κ3) is 1.31. The van der Waals surface area contributed by atoms with Crippen LogP contribution >= 0.6 is 0 Å². The molecule has 1 aromatic heterocycles. The van der Waals surface area contributed by atoms with Crippen molar-refractivity contribution in [2.24, 2.45) is 0 Å². The summed E-state index contributed by atoms with van der Waals surface area (Å²) in [5, 5.41) is 15.8. The van der Waals surface area contributed by atoms with E-state index in [9.17, 15) is 0 Å². The molecule has 4 nitrogen and oxygen atoms in total. The number of nitriles is 1. The molecule has 4 heteroatoms. The van der Waals surface area contributed by atoms with Gasteiger partial charge < -0.3 is 4.74 Å². The maximum atomic E-state index is 8.77. The van der Waals surface area contributed by atoms with Crippen LogP contribution in [0.4, 0.5) is 0 Å². The van der Waals surface area contributed by atoms with Gasteiger partial charge in [0.15, 0.2) is 0 Å². The van der Waals surface area contributed by atoms with Gasteiger partial charge in [-0.15, -0.1) is 0 Å². The molecule has 1 N–H and O–H groups in total. The van der Waals surface area contributed by atoms with Gasteiger partial charge in [-0.2, -0.15) is 10.4 Å². The number of hydrogen-bond acceptors (Lipinski definition) is 3. The summed E-state index contributed by atoms with van der Waals surface area (Å²) in [5.41, 5.74) is 3.10. The standard InChI is InChI=1S/C9H11N3O/c1-6(4-10)9-7-2-3-13-5-8(7)11-12-9/h6H,2-3,5H2,1H3,(H,11,12). The molecule has 0 fully saturated rings. The molecule has 0 radical (unpaired) electrons. The highest BCUT2D eigenvalue weighted by Gasteiger charge is 2.20. The lowest BCUT2D eigenvalue weighted by atomic mass is 10.0. The zero-order chi connectivity index (χ0) is 9.26. The molecule has 2 heterocycles. The van der Waals surface area contributed by atoms with Crippen LogP contribution in [0.3, 0.4) is 0 Å². The monoisotopic (exact) mass is 177 g/mol. The Labute approximate surface area is 76.5 Å². The van der Waals surface area contributed by atoms with Crippen LogP contribution in [-0.4, -0.2) is 16.8 Å². The lowest BCUT2D eigenvalue weighted by Crippen LogP contribution is -2.10. The molecular weight excluding hydrogens is 166 g/mol. The lowest BCUT2D eigenvalue weighted by molar-refractivity contribution is 0.108. The molecule has 13 heavy (non-hydrogen) atoms. The van der Waals surface area contributed by atoms with Gasteiger partial charge in [0.1, 0.15) is 0 Å². The first-order valence-corrected chi connectivity index (χ1v) is 4.36. The quantitative estimate of drug-likeness (QED) is 0.698. The Morgan fingerprint density at radius 1 is 1.69 bits per heavy atom. The van der Waals surface area contributed by atoms with Crippen molar-refractivity contribution in [3.63, 3.8) is 0 Å². The van der Waals surface area contributed by atoms with Crippen LogP contribution in [-0.2, 0) is 17.8 Å². The molecule has 1 atom stereocenters. The Hall–Kier alpha value is -1.34. The molecule has 2 rings (SSSR count). The maximum Gasteiger partial charge on any atom is 0.0885 e. The normalized spacial score (nSPS) is 17.5. The molecule has 0 saturated heterocycles. The number of hydrogen-bond donors (Lipinski definition) is 1. The van der Waals surface area contributed by atoms with Crippen molar-refractivity contribution in [3.05, 3.63) is 17.0 Å². The summed E-state index contributed by atoms with van der Waals surface area (Å²) in [7, 11) is 0. The van der Waals surface area contributed by atoms with Crippen LogP contribution in [0.15, 0.2) is 0 Å². The molecule has 0 aliphatic carbocycles. The third-order valence-electron chi connectivity index (χ3n) is 2.33. The van der Waals surface area contributed by atoms with E-state index in [1.54, 1.807) is 0 Å². The van der Waals surface area contributed by atoms with E-state index in [1.807, 2.05) is 6.92 Å². The number of ether oxygens (including phenoxy) is 1. The average Bonchev–Trinajstić information content (AvgIpc) is 2.60. The van der Waals surface area contributed by atoms with Crippen molar-refractivity contribution in [1.29, 1.82) is 5.26 Å². The van der Waals surface area contributed by atoms with Crippen LogP contribution in [0.1, 0.15) is 29.8 Å². The summed E-state index contributed by atoms with van der Waals surface area (Å²) in [5.74, 6) is -0.127. The van der Waals surface area contributed by atoms with Gasteiger partial charge in [0.05, 0.1) is 36.6 Å². The molecular formula is C9H11N3O. The Morgan fingerprint density at radius 2 is 2.54 bits per heavy atom. The molecule has 0 aromatic carbocycles. The minimum Gasteiger partial charge on any atom is -0.375 e. The van der Waals surface area contributed by atoms with Gasteiger partial charge >= 0.3 is 0 Å². The maximum absolute atomic E-state index is 8.77. The zero-order valence-electron chi connectivity index (χ0n) is 7.50. The summed E-state index contributed by atoms with van der Waals surface area (Å²) in [6.45, 7) is 3.20. The molecule has 1 unspecified atom stereocenters. The minimum absolute atomic E-state index is 0.127. The van der Waals surface area contributed by atoms with Gasteiger partial charge in [-0.05, 0) is 13.3 Å². The van der Waals surface area contributed by atoms with Crippen molar-refractivity contribution in [1.82, 2.24) is 10.2 Å². The van der Waals surface area contributed by atoms with Crippen molar-refractivity contribution in [2.45, 2.75) is 25.9 Å². The number of fused-ring (bicyclic) bond motifs is 1. The van der Waals surface area contributed by atoms with Gasteiger partial charge in [0.2, 0.25) is 0 Å². The van der Waals surface area contributed by atoms with Gasteiger partial charge in [-0.1, -0.05) is 0 Å². The van der Waals surface area contributed by atoms with Gasteiger partial charge in [-0.3, -0.25) is 5.10 Å². The van der Waals surface area contributed by atoms with E-state index in [-0.39, 0.29) is 5.92 Å². The van der Waals surface area contributed by atoms with E-state index < -0.39 is 0 Å². The first-order valence-electron chi connectivity index (χ1n) is 4.36. The number of H-pyrrole nitrogens is 1. The Kier molecular flexibility index (Phi) is 2.03. The highest BCUT2D eigenvalue weighted by atomic mass is 16.5. The predicted molar refractivity (Wildman–Crippen MR) is 46.0 cm³/mol. The summed E-state index contributed by atoms with van der Waals surface area (Å²) < 4.78 is 5.27. The van der Waals surface area contributed by atoms with Crippen LogP contribution in [0.5, 0.6) is 0 Å². The topological polar surface area (TPSA) is 61.7 Å². The molecule has 68 valence electrons. The Morgan fingerprint density at radius 3 is 3.31 bits per heavy atom. The molecule has 0 bridgehead atoms. The van der Waals surface area contributed by atoms with E-state index in [1.165, 1.54) is 5.56 Å². The number of aromatic nitrogens is 2. The van der Waals surface area contributed by atoms with Crippen molar-refractivity contribution in [2.75, 3.05) is 6.61 Å². The summed E-state index contributed by atoms with van der Waals surface area (Å²) in [6.07, 6.45) is 0.868. The minimum atomic E-state index is -0.127. The molecule has 0 saturated carbocycles. The number of rotatable bonds is 1. The summed E-state index contributed by atoms with van der Waals surface area (Å²) in [6, 6.07) is 2.19. The van der Waals surface area contributed by atoms with Crippen LogP contribution < -0.4 is 0 Å². The number of nitrogens with one attached hydrogen (secondary N) is 1. The predicted octanol–water partition coefficient (Wildman–Crippen LogP) is 1.11. The lowest BCUT2D eigenvalue weighted by Gasteiger charge is -2.12. The molecule has 1 aliphatic heterocycles. The van der Waals surface area contributed by atoms with Crippen LogP contribution in [0, 0.1) is 11.3 Å². The van der Waals surface area contributed by atoms with E-state index in [0.717, 1.165) is 24.4 Å². The van der Waals surface area contributed by atoms with E-state index >= 15 is 0 Å². The molecule has 1 aromatic rings.